The van der Waals surface area contributed by atoms with Crippen molar-refractivity contribution in [1.29, 1.82) is 0 Å². The summed E-state index contributed by atoms with van der Waals surface area (Å²) in [6.07, 6.45) is 0.232. The molecule has 0 atom stereocenters. The summed E-state index contributed by atoms with van der Waals surface area (Å²) >= 11 is 17.8. The molecule has 4 heteroatoms. The molecule has 98 valence electrons. The number of carbonyl (C=O) groups excluding carboxylic acids is 1. The first kappa shape index (κ1) is 14.4. The van der Waals surface area contributed by atoms with Gasteiger partial charge in [-0.15, -0.1) is 0 Å². The van der Waals surface area contributed by atoms with Crippen LogP contribution in [0.3, 0.4) is 0 Å². The fraction of sp³-hybridized carbons (Fsp3) is 0.133. The second-order valence-corrected chi connectivity index (χ2v) is 5.63. The van der Waals surface area contributed by atoms with E-state index in [-0.39, 0.29) is 12.2 Å². The molecule has 0 saturated heterocycles. The van der Waals surface area contributed by atoms with E-state index in [0.717, 1.165) is 11.1 Å². The second-order valence-electron chi connectivity index (χ2n) is 4.35. The number of rotatable bonds is 3. The molecule has 0 spiro atoms. The Balaban J connectivity index is 2.25. The normalized spacial score (nSPS) is 10.5. The molecule has 0 aliphatic carbocycles. The summed E-state index contributed by atoms with van der Waals surface area (Å²) in [5, 5.41) is 1.62. The van der Waals surface area contributed by atoms with Crippen molar-refractivity contribution < 1.29 is 4.79 Å². The third-order valence-electron chi connectivity index (χ3n) is 2.73. The molecule has 0 fully saturated rings. The molecule has 0 aliphatic heterocycles. The number of benzene rings is 2. The topological polar surface area (TPSA) is 17.1 Å². The average molecular weight is 314 g/mol. The molecule has 0 bridgehead atoms. The first-order valence-electron chi connectivity index (χ1n) is 5.70. The van der Waals surface area contributed by atoms with Crippen molar-refractivity contribution in [2.75, 3.05) is 0 Å². The number of halogens is 3. The predicted molar refractivity (Wildman–Crippen MR) is 80.7 cm³/mol. The zero-order valence-electron chi connectivity index (χ0n) is 10.2. The minimum atomic E-state index is -0.0187. The summed E-state index contributed by atoms with van der Waals surface area (Å²) < 4.78 is 0. The summed E-state index contributed by atoms with van der Waals surface area (Å²) in [5.74, 6) is -0.0187. The van der Waals surface area contributed by atoms with E-state index >= 15 is 0 Å². The van der Waals surface area contributed by atoms with Crippen molar-refractivity contribution in [3.05, 3.63) is 68.2 Å². The molecule has 1 nitrogen and oxygen atoms in total. The van der Waals surface area contributed by atoms with Gasteiger partial charge in [-0.05, 0) is 48.4 Å². The van der Waals surface area contributed by atoms with E-state index in [1.54, 1.807) is 24.3 Å². The molecule has 0 saturated carbocycles. The Morgan fingerprint density at radius 3 is 2.37 bits per heavy atom. The highest BCUT2D eigenvalue weighted by atomic mass is 35.5. The molecule has 19 heavy (non-hydrogen) atoms. The summed E-state index contributed by atoms with van der Waals surface area (Å²) in [5.41, 5.74) is 2.31. The molecule has 0 amide bonds. The van der Waals surface area contributed by atoms with Crippen molar-refractivity contribution in [2.45, 2.75) is 13.3 Å². The van der Waals surface area contributed by atoms with Crippen LogP contribution in [0.15, 0.2) is 36.4 Å². The molecule has 0 aromatic heterocycles. The summed E-state index contributed by atoms with van der Waals surface area (Å²) in [7, 11) is 0. The Morgan fingerprint density at radius 2 is 1.74 bits per heavy atom. The predicted octanol–water partition coefficient (Wildman–Crippen LogP) is 5.38. The van der Waals surface area contributed by atoms with Crippen LogP contribution in [-0.2, 0) is 6.42 Å². The fourth-order valence-electron chi connectivity index (χ4n) is 1.84. The van der Waals surface area contributed by atoms with Crippen LogP contribution >= 0.6 is 34.8 Å². The lowest BCUT2D eigenvalue weighted by Gasteiger charge is -2.06. The largest absolute Gasteiger partial charge is 0.294 e. The van der Waals surface area contributed by atoms with Crippen LogP contribution in [0.25, 0.3) is 0 Å². The number of ketones is 1. The van der Waals surface area contributed by atoms with Crippen molar-refractivity contribution in [3.63, 3.8) is 0 Å². The smallest absolute Gasteiger partial charge is 0.167 e. The highest BCUT2D eigenvalue weighted by Gasteiger charge is 2.11. The monoisotopic (exact) mass is 312 g/mol. The second kappa shape index (κ2) is 5.96. The van der Waals surface area contributed by atoms with Gasteiger partial charge in [-0.25, -0.2) is 0 Å². The number of aryl methyl sites for hydroxylation is 1. The van der Waals surface area contributed by atoms with Crippen LogP contribution in [0.2, 0.25) is 15.1 Å². The zero-order valence-corrected chi connectivity index (χ0v) is 12.5. The molecule has 2 aromatic rings. The summed E-state index contributed by atoms with van der Waals surface area (Å²) in [4.78, 5) is 12.2. The van der Waals surface area contributed by atoms with Gasteiger partial charge in [0.05, 0.1) is 0 Å². The van der Waals surface area contributed by atoms with Gasteiger partial charge in [0, 0.05) is 27.1 Å². The maximum absolute atomic E-state index is 12.2. The van der Waals surface area contributed by atoms with Crippen molar-refractivity contribution in [1.82, 2.24) is 0 Å². The van der Waals surface area contributed by atoms with E-state index in [0.29, 0.717) is 20.6 Å². The van der Waals surface area contributed by atoms with Crippen LogP contribution in [0.5, 0.6) is 0 Å². The quantitative estimate of drug-likeness (QED) is 0.695. The van der Waals surface area contributed by atoms with E-state index in [2.05, 4.69) is 0 Å². The van der Waals surface area contributed by atoms with Gasteiger partial charge < -0.3 is 0 Å². The first-order chi connectivity index (χ1) is 8.95. The van der Waals surface area contributed by atoms with Gasteiger partial charge in [-0.2, -0.15) is 0 Å². The van der Waals surface area contributed by atoms with Gasteiger partial charge in [0.15, 0.2) is 5.78 Å². The highest BCUT2D eigenvalue weighted by molar-refractivity contribution is 6.35. The van der Waals surface area contributed by atoms with Gasteiger partial charge in [-0.1, -0.05) is 40.9 Å². The Morgan fingerprint density at radius 1 is 1.00 bits per heavy atom. The van der Waals surface area contributed by atoms with E-state index in [4.69, 9.17) is 34.8 Å². The van der Waals surface area contributed by atoms with E-state index in [1.165, 1.54) is 0 Å². The fourth-order valence-corrected chi connectivity index (χ4v) is 2.60. The van der Waals surface area contributed by atoms with Gasteiger partial charge >= 0.3 is 0 Å². The van der Waals surface area contributed by atoms with E-state index in [9.17, 15) is 4.79 Å². The van der Waals surface area contributed by atoms with Crippen LogP contribution in [0.1, 0.15) is 21.5 Å². The molecule has 0 heterocycles. The van der Waals surface area contributed by atoms with Gasteiger partial charge in [0.1, 0.15) is 0 Å². The average Bonchev–Trinajstić information content (AvgIpc) is 2.31. The molecule has 0 N–H and O–H groups in total. The minimum Gasteiger partial charge on any atom is -0.294 e. The Bertz CT molecular complexity index is 615. The first-order valence-corrected chi connectivity index (χ1v) is 6.83. The molecule has 2 aromatic carbocycles. The summed E-state index contributed by atoms with van der Waals surface area (Å²) in [6, 6.07) is 10.4. The van der Waals surface area contributed by atoms with E-state index in [1.807, 2.05) is 19.1 Å². The molecule has 0 aliphatic rings. The lowest BCUT2D eigenvalue weighted by Crippen LogP contribution is -2.04. The number of Topliss-reactive ketones (excluding diaryl/α,β-unsaturated/α-hetero) is 1. The third kappa shape index (κ3) is 3.73. The van der Waals surface area contributed by atoms with Gasteiger partial charge in [0.2, 0.25) is 0 Å². The van der Waals surface area contributed by atoms with Crippen molar-refractivity contribution >= 4 is 40.6 Å². The summed E-state index contributed by atoms with van der Waals surface area (Å²) in [6.45, 7) is 1.90. The minimum absolute atomic E-state index is 0.0187. The van der Waals surface area contributed by atoms with Crippen LogP contribution in [-0.4, -0.2) is 5.78 Å². The highest BCUT2D eigenvalue weighted by Crippen LogP contribution is 2.23. The maximum Gasteiger partial charge on any atom is 0.167 e. The lowest BCUT2D eigenvalue weighted by molar-refractivity contribution is 0.0993. The van der Waals surface area contributed by atoms with Crippen molar-refractivity contribution in [3.8, 4) is 0 Å². The standard InChI is InChI=1S/C15H11Cl3O/c1-9-4-11(6-13(17)5-9)15(19)7-10-2-3-12(16)8-14(10)18/h2-6,8H,7H2,1H3. The van der Waals surface area contributed by atoms with Crippen LogP contribution in [0, 0.1) is 6.92 Å². The third-order valence-corrected chi connectivity index (χ3v) is 3.54. The molecular weight excluding hydrogens is 303 g/mol. The van der Waals surface area contributed by atoms with Crippen molar-refractivity contribution in [2.24, 2.45) is 0 Å². The number of hydrogen-bond donors (Lipinski definition) is 0. The van der Waals surface area contributed by atoms with E-state index < -0.39 is 0 Å². The molecule has 2 rings (SSSR count). The SMILES string of the molecule is Cc1cc(Cl)cc(C(=O)Cc2ccc(Cl)cc2Cl)c1. The Hall–Kier alpha value is -1.02. The number of carbonyl (C=O) groups is 1. The number of hydrogen-bond acceptors (Lipinski definition) is 1. The molecule has 0 radical (unpaired) electrons. The van der Waals surface area contributed by atoms with Crippen LogP contribution in [0.4, 0.5) is 0 Å². The molecular formula is C15H11Cl3O. The molecule has 0 unspecified atom stereocenters. The Labute approximate surface area is 127 Å². The lowest BCUT2D eigenvalue weighted by atomic mass is 10.0. The zero-order chi connectivity index (χ0) is 14.0. The maximum atomic E-state index is 12.2. The Kier molecular flexibility index (Phi) is 4.51. The van der Waals surface area contributed by atoms with Gasteiger partial charge in [0.25, 0.3) is 0 Å². The van der Waals surface area contributed by atoms with Gasteiger partial charge in [-0.3, -0.25) is 4.79 Å². The van der Waals surface area contributed by atoms with Crippen LogP contribution < -0.4 is 0 Å².